The maximum atomic E-state index is 14.5. The lowest BCUT2D eigenvalue weighted by Crippen LogP contribution is -2.38. The third kappa shape index (κ3) is 3.08. The second-order valence-electron chi connectivity index (χ2n) is 5.97. The fourth-order valence-electron chi connectivity index (χ4n) is 2.84. The van der Waals surface area contributed by atoms with E-state index in [-0.39, 0.29) is 25.2 Å². The van der Waals surface area contributed by atoms with Gasteiger partial charge in [0, 0.05) is 13.1 Å². The van der Waals surface area contributed by atoms with Crippen molar-refractivity contribution in [3.05, 3.63) is 53.8 Å². The number of rotatable bonds is 5. The van der Waals surface area contributed by atoms with E-state index >= 15 is 0 Å². The van der Waals surface area contributed by atoms with Gasteiger partial charge in [0.2, 0.25) is 0 Å². The summed E-state index contributed by atoms with van der Waals surface area (Å²) in [6.45, 7) is 1.84. The van der Waals surface area contributed by atoms with Crippen molar-refractivity contribution in [1.82, 2.24) is 0 Å². The van der Waals surface area contributed by atoms with E-state index in [0.29, 0.717) is 16.9 Å². The first-order chi connectivity index (χ1) is 11.9. The Morgan fingerprint density at radius 3 is 2.48 bits per heavy atom. The van der Waals surface area contributed by atoms with Crippen LogP contribution in [0.5, 0.6) is 0 Å². The summed E-state index contributed by atoms with van der Waals surface area (Å²) in [5.74, 6) is -0.609. The monoisotopic (exact) mass is 365 g/mol. The van der Waals surface area contributed by atoms with Gasteiger partial charge in [-0.25, -0.2) is 8.70 Å². The molecule has 25 heavy (non-hydrogen) atoms. The Morgan fingerprint density at radius 2 is 1.84 bits per heavy atom. The van der Waals surface area contributed by atoms with E-state index in [1.54, 1.807) is 37.3 Å². The molecule has 8 heteroatoms. The molecule has 0 saturated carbocycles. The van der Waals surface area contributed by atoms with Crippen LogP contribution >= 0.6 is 0 Å². The van der Waals surface area contributed by atoms with Gasteiger partial charge in [0.05, 0.1) is 23.2 Å². The van der Waals surface area contributed by atoms with E-state index in [1.165, 1.54) is 16.4 Å². The van der Waals surface area contributed by atoms with Crippen LogP contribution in [0.15, 0.2) is 42.5 Å². The second-order valence-corrected chi connectivity index (χ2v) is 7.67. The zero-order valence-corrected chi connectivity index (χ0v) is 14.6. The molecule has 0 fully saturated rings. The van der Waals surface area contributed by atoms with Gasteiger partial charge in [0.15, 0.2) is 0 Å². The molecule has 0 aromatic heterocycles. The summed E-state index contributed by atoms with van der Waals surface area (Å²) in [5.41, 5.74) is 6.90. The summed E-state index contributed by atoms with van der Waals surface area (Å²) in [6.07, 6.45) is -0.610. The van der Waals surface area contributed by atoms with Crippen molar-refractivity contribution in [2.45, 2.75) is 19.4 Å². The Kier molecular flexibility index (Phi) is 4.68. The van der Waals surface area contributed by atoms with Gasteiger partial charge in [-0.3, -0.25) is 4.31 Å². The molecular formula is C17H20FN3O3S. The van der Waals surface area contributed by atoms with Gasteiger partial charge in [-0.05, 0) is 43.2 Å². The largest absolute Gasteiger partial charge is 0.392 e. The van der Waals surface area contributed by atoms with Gasteiger partial charge in [-0.2, -0.15) is 8.42 Å². The summed E-state index contributed by atoms with van der Waals surface area (Å²) in [7, 11) is -4.00. The van der Waals surface area contributed by atoms with Gasteiger partial charge < -0.3 is 10.8 Å². The number of para-hydroxylation sites is 2. The van der Waals surface area contributed by atoms with Gasteiger partial charge in [0.1, 0.15) is 5.82 Å². The molecule has 0 radical (unpaired) electrons. The Balaban J connectivity index is 2.08. The maximum Gasteiger partial charge on any atom is 0.331 e. The molecule has 2 aromatic carbocycles. The van der Waals surface area contributed by atoms with Crippen molar-refractivity contribution in [2.75, 3.05) is 21.7 Å². The summed E-state index contributed by atoms with van der Waals surface area (Å²) >= 11 is 0. The summed E-state index contributed by atoms with van der Waals surface area (Å²) < 4.78 is 42.8. The molecule has 6 nitrogen and oxygen atoms in total. The first kappa shape index (κ1) is 17.7. The van der Waals surface area contributed by atoms with Crippen LogP contribution in [0, 0.1) is 12.7 Å². The van der Waals surface area contributed by atoms with Crippen LogP contribution < -0.4 is 14.3 Å². The Labute approximate surface area is 146 Å². The summed E-state index contributed by atoms with van der Waals surface area (Å²) in [6, 6.07) is 11.1. The molecule has 1 heterocycles. The fourth-order valence-corrected chi connectivity index (χ4v) is 4.58. The number of nitrogens with two attached hydrogens (primary N) is 1. The number of hydrogen-bond donors (Lipinski definition) is 2. The smallest absolute Gasteiger partial charge is 0.331 e. The SMILES string of the molecule is Cc1ccc(N2c3ccccc3N(CC[C@H](O)CN)S2(=O)=O)c(F)c1. The van der Waals surface area contributed by atoms with Crippen molar-refractivity contribution in [1.29, 1.82) is 0 Å². The van der Waals surface area contributed by atoms with Crippen LogP contribution in [0.1, 0.15) is 12.0 Å². The van der Waals surface area contributed by atoms with Gasteiger partial charge >= 0.3 is 10.2 Å². The molecule has 0 spiro atoms. The van der Waals surface area contributed by atoms with Gasteiger partial charge in [0.25, 0.3) is 0 Å². The molecular weight excluding hydrogens is 345 g/mol. The van der Waals surface area contributed by atoms with Gasteiger partial charge in [-0.15, -0.1) is 0 Å². The third-order valence-corrected chi connectivity index (χ3v) is 5.93. The predicted octanol–water partition coefficient (Wildman–Crippen LogP) is 2.05. The fraction of sp³-hybridized carbons (Fsp3) is 0.294. The quantitative estimate of drug-likeness (QED) is 0.849. The number of nitrogens with zero attached hydrogens (tertiary/aromatic N) is 2. The lowest BCUT2D eigenvalue weighted by atomic mass is 10.2. The molecule has 0 unspecified atom stereocenters. The van der Waals surface area contributed by atoms with Crippen LogP contribution in [-0.4, -0.2) is 32.7 Å². The molecule has 3 N–H and O–H groups in total. The van der Waals surface area contributed by atoms with Crippen LogP contribution in [-0.2, 0) is 10.2 Å². The first-order valence-electron chi connectivity index (χ1n) is 7.92. The van der Waals surface area contributed by atoms with Crippen LogP contribution in [0.2, 0.25) is 0 Å². The number of anilines is 3. The zero-order chi connectivity index (χ0) is 18.2. The molecule has 2 aromatic rings. The van der Waals surface area contributed by atoms with Gasteiger partial charge in [-0.1, -0.05) is 18.2 Å². The van der Waals surface area contributed by atoms with Crippen molar-refractivity contribution in [2.24, 2.45) is 5.73 Å². The van der Waals surface area contributed by atoms with E-state index in [9.17, 15) is 17.9 Å². The van der Waals surface area contributed by atoms with E-state index in [1.807, 2.05) is 0 Å². The lowest BCUT2D eigenvalue weighted by molar-refractivity contribution is 0.176. The molecule has 3 rings (SSSR count). The topological polar surface area (TPSA) is 86.9 Å². The molecule has 0 bridgehead atoms. The average molecular weight is 365 g/mol. The summed E-state index contributed by atoms with van der Waals surface area (Å²) in [5, 5.41) is 9.67. The standard InChI is InChI=1S/C17H20FN3O3S/c1-12-6-7-15(14(18)10-12)21-17-5-3-2-4-16(17)20(25(21,23)24)9-8-13(22)11-19/h2-7,10,13,22H,8-9,11,19H2,1H3/t13-/m0/s1. The molecule has 0 aliphatic carbocycles. The van der Waals surface area contributed by atoms with E-state index in [0.717, 1.165) is 4.31 Å². The third-order valence-electron chi connectivity index (χ3n) is 4.14. The minimum atomic E-state index is -4.00. The van der Waals surface area contributed by atoms with Crippen LogP contribution in [0.25, 0.3) is 0 Å². The Hall–Kier alpha value is -2.16. The normalized spacial score (nSPS) is 16.8. The number of halogens is 1. The number of aliphatic hydroxyl groups is 1. The second kappa shape index (κ2) is 6.62. The van der Waals surface area contributed by atoms with Crippen molar-refractivity contribution < 1.29 is 17.9 Å². The number of aliphatic hydroxyl groups excluding tert-OH is 1. The number of fused-ring (bicyclic) bond motifs is 1. The molecule has 0 saturated heterocycles. The minimum Gasteiger partial charge on any atom is -0.392 e. The molecule has 0 amide bonds. The first-order valence-corrected chi connectivity index (χ1v) is 9.32. The maximum absolute atomic E-state index is 14.5. The highest BCUT2D eigenvalue weighted by atomic mass is 32.2. The van der Waals surface area contributed by atoms with E-state index in [2.05, 4.69) is 0 Å². The highest BCUT2D eigenvalue weighted by Gasteiger charge is 2.42. The molecule has 1 atom stereocenters. The average Bonchev–Trinajstić information content (AvgIpc) is 2.79. The Morgan fingerprint density at radius 1 is 1.16 bits per heavy atom. The van der Waals surface area contributed by atoms with E-state index in [4.69, 9.17) is 5.73 Å². The highest BCUT2D eigenvalue weighted by Crippen LogP contribution is 2.45. The predicted molar refractivity (Wildman–Crippen MR) is 95.7 cm³/mol. The van der Waals surface area contributed by atoms with Crippen molar-refractivity contribution in [3.63, 3.8) is 0 Å². The molecule has 1 aliphatic heterocycles. The number of hydrogen-bond acceptors (Lipinski definition) is 4. The number of benzene rings is 2. The summed E-state index contributed by atoms with van der Waals surface area (Å²) in [4.78, 5) is 0. The van der Waals surface area contributed by atoms with E-state index < -0.39 is 22.1 Å². The lowest BCUT2D eigenvalue weighted by Gasteiger charge is -2.23. The molecule has 134 valence electrons. The zero-order valence-electron chi connectivity index (χ0n) is 13.8. The highest BCUT2D eigenvalue weighted by molar-refractivity contribution is 7.95. The van der Waals surface area contributed by atoms with Crippen molar-refractivity contribution in [3.8, 4) is 0 Å². The van der Waals surface area contributed by atoms with Crippen LogP contribution in [0.3, 0.4) is 0 Å². The molecule has 1 aliphatic rings. The van der Waals surface area contributed by atoms with Crippen LogP contribution in [0.4, 0.5) is 21.5 Å². The van der Waals surface area contributed by atoms with Crippen molar-refractivity contribution >= 4 is 27.3 Å². The minimum absolute atomic E-state index is 0.0278. The number of aryl methyl sites for hydroxylation is 1. The Bertz CT molecular complexity index is 888.